The van der Waals surface area contributed by atoms with Gasteiger partial charge in [0.2, 0.25) is 0 Å². The molecule has 4 rings (SSSR count). The molecule has 1 aliphatic rings. The van der Waals surface area contributed by atoms with Gasteiger partial charge in [-0.25, -0.2) is 4.79 Å². The molecule has 4 atom stereocenters. The number of hydrogen-bond donors (Lipinski definition) is 1. The number of morpholine rings is 1. The maximum absolute atomic E-state index is 14.0. The van der Waals surface area contributed by atoms with Gasteiger partial charge in [0.05, 0.1) is 17.7 Å². The lowest BCUT2D eigenvalue weighted by atomic mass is 9.88. The van der Waals surface area contributed by atoms with Crippen LogP contribution in [0.4, 0.5) is 0 Å². The molecule has 37 heavy (non-hydrogen) atoms. The average molecular weight is 537 g/mol. The first-order valence-electron chi connectivity index (χ1n) is 12.0. The zero-order chi connectivity index (χ0) is 26.5. The number of benzene rings is 3. The van der Waals surface area contributed by atoms with E-state index in [2.05, 4.69) is 6.07 Å². The average Bonchev–Trinajstić information content (AvgIpc) is 2.90. The zero-order valence-electron chi connectivity index (χ0n) is 20.2. The van der Waals surface area contributed by atoms with E-state index in [-0.39, 0.29) is 6.42 Å². The van der Waals surface area contributed by atoms with E-state index in [9.17, 15) is 14.7 Å². The Morgan fingerprint density at radius 1 is 1.00 bits per heavy atom. The molecule has 0 bridgehead atoms. The van der Waals surface area contributed by atoms with E-state index in [1.807, 2.05) is 19.1 Å². The van der Waals surface area contributed by atoms with Crippen molar-refractivity contribution in [2.75, 3.05) is 0 Å². The van der Waals surface area contributed by atoms with Crippen molar-refractivity contribution in [3.05, 3.63) is 105 Å². The maximum atomic E-state index is 14.0. The number of ether oxygens (including phenoxy) is 1. The number of carbonyl (C=O) groups is 2. The summed E-state index contributed by atoms with van der Waals surface area (Å²) < 4.78 is 6.50. The molecule has 1 amide bonds. The molecule has 1 fully saturated rings. The predicted octanol–water partition coefficient (Wildman–Crippen LogP) is 6.37. The summed E-state index contributed by atoms with van der Waals surface area (Å²) >= 11 is 12.3. The van der Waals surface area contributed by atoms with E-state index >= 15 is 0 Å². The van der Waals surface area contributed by atoms with Gasteiger partial charge < -0.3 is 14.7 Å². The number of halogens is 2. The third-order valence-corrected chi connectivity index (χ3v) is 7.03. The summed E-state index contributed by atoms with van der Waals surface area (Å²) in [4.78, 5) is 28.0. The molecule has 1 saturated heterocycles. The van der Waals surface area contributed by atoms with Crippen LogP contribution in [0.1, 0.15) is 54.2 Å². The van der Waals surface area contributed by atoms with E-state index < -0.39 is 36.2 Å². The fraction of sp³-hybridized carbons (Fsp3) is 0.276. The van der Waals surface area contributed by atoms with Gasteiger partial charge in [0, 0.05) is 16.5 Å². The topological polar surface area (TPSA) is 90.6 Å². The van der Waals surface area contributed by atoms with Crippen LogP contribution in [0.2, 0.25) is 10.0 Å². The number of nitrogens with zero attached hydrogens (tertiary/aromatic N) is 2. The molecule has 0 aromatic heterocycles. The summed E-state index contributed by atoms with van der Waals surface area (Å²) in [6.45, 7) is 1.89. The minimum absolute atomic E-state index is 0.233. The quantitative estimate of drug-likeness (QED) is 0.361. The van der Waals surface area contributed by atoms with Crippen LogP contribution in [0, 0.1) is 11.3 Å². The molecule has 3 aromatic rings. The molecule has 0 radical (unpaired) electrons. The van der Waals surface area contributed by atoms with Gasteiger partial charge in [0.25, 0.3) is 5.91 Å². The van der Waals surface area contributed by atoms with Gasteiger partial charge in [-0.3, -0.25) is 4.79 Å². The van der Waals surface area contributed by atoms with Gasteiger partial charge in [-0.15, -0.1) is 0 Å². The van der Waals surface area contributed by atoms with Crippen molar-refractivity contribution in [1.29, 1.82) is 5.26 Å². The van der Waals surface area contributed by atoms with E-state index in [4.69, 9.17) is 33.2 Å². The molecule has 8 heteroatoms. The highest BCUT2D eigenvalue weighted by Gasteiger charge is 2.48. The zero-order valence-corrected chi connectivity index (χ0v) is 21.7. The van der Waals surface area contributed by atoms with Crippen molar-refractivity contribution in [3.8, 4) is 6.07 Å². The normalized spacial score (nSPS) is 20.3. The number of aliphatic carboxylic acids is 1. The molecule has 190 valence electrons. The fourth-order valence-electron chi connectivity index (χ4n) is 4.73. The summed E-state index contributed by atoms with van der Waals surface area (Å²) in [5.74, 6) is -1.46. The summed E-state index contributed by atoms with van der Waals surface area (Å²) in [7, 11) is 0. The SMILES string of the molecule is CCC[C@H](C(=O)O)N1C(=O)[C@H](Cc2ccc(C#N)cc2)O[C@@H](c2ccc(Cl)cc2)[C@H]1c1ccc(Cl)cc1. The second-order valence-electron chi connectivity index (χ2n) is 8.99. The Hall–Kier alpha value is -3.37. The second-order valence-corrected chi connectivity index (χ2v) is 9.87. The van der Waals surface area contributed by atoms with Crippen molar-refractivity contribution >= 4 is 35.1 Å². The van der Waals surface area contributed by atoms with Crippen LogP contribution >= 0.6 is 23.2 Å². The Morgan fingerprint density at radius 3 is 2.08 bits per heavy atom. The van der Waals surface area contributed by atoms with Crippen molar-refractivity contribution < 1.29 is 19.4 Å². The van der Waals surface area contributed by atoms with Crippen molar-refractivity contribution in [3.63, 3.8) is 0 Å². The molecular weight excluding hydrogens is 511 g/mol. The number of amides is 1. The summed E-state index contributed by atoms with van der Waals surface area (Å²) in [5, 5.41) is 20.4. The Labute approximate surface area is 226 Å². The predicted molar refractivity (Wildman–Crippen MR) is 141 cm³/mol. The van der Waals surface area contributed by atoms with Gasteiger partial charge in [0.1, 0.15) is 18.2 Å². The van der Waals surface area contributed by atoms with Crippen LogP contribution in [0.15, 0.2) is 72.8 Å². The number of carboxylic acid groups (broad SMARTS) is 1. The van der Waals surface area contributed by atoms with Crippen LogP contribution in [0.5, 0.6) is 0 Å². The van der Waals surface area contributed by atoms with Gasteiger partial charge in [0.15, 0.2) is 0 Å². The number of hydrogen-bond acceptors (Lipinski definition) is 4. The van der Waals surface area contributed by atoms with Gasteiger partial charge >= 0.3 is 5.97 Å². The fourth-order valence-corrected chi connectivity index (χ4v) is 4.99. The molecule has 0 unspecified atom stereocenters. The molecule has 1 heterocycles. The minimum atomic E-state index is -1.07. The summed E-state index contributed by atoms with van der Waals surface area (Å²) in [5.41, 5.74) is 2.81. The Kier molecular flexibility index (Phi) is 8.50. The summed E-state index contributed by atoms with van der Waals surface area (Å²) in [6.07, 6.45) is -0.464. The Bertz CT molecular complexity index is 1290. The lowest BCUT2D eigenvalue weighted by Crippen LogP contribution is -2.57. The molecular formula is C29H26Cl2N2O4. The highest BCUT2D eigenvalue weighted by Crippen LogP contribution is 2.44. The van der Waals surface area contributed by atoms with Crippen LogP contribution < -0.4 is 0 Å². The number of nitriles is 1. The lowest BCUT2D eigenvalue weighted by molar-refractivity contribution is -0.184. The largest absolute Gasteiger partial charge is 0.480 e. The molecule has 6 nitrogen and oxygen atoms in total. The molecule has 3 aromatic carbocycles. The van der Waals surface area contributed by atoms with E-state index in [1.54, 1.807) is 60.7 Å². The number of rotatable bonds is 8. The van der Waals surface area contributed by atoms with Gasteiger partial charge in [-0.05, 0) is 59.5 Å². The second kappa shape index (κ2) is 11.8. The van der Waals surface area contributed by atoms with Crippen molar-refractivity contribution in [1.82, 2.24) is 4.90 Å². The highest BCUT2D eigenvalue weighted by molar-refractivity contribution is 6.30. The third kappa shape index (κ3) is 5.97. The van der Waals surface area contributed by atoms with Crippen molar-refractivity contribution in [2.24, 2.45) is 0 Å². The van der Waals surface area contributed by atoms with Crippen LogP contribution in [-0.4, -0.2) is 34.0 Å². The van der Waals surface area contributed by atoms with Crippen LogP contribution in [0.3, 0.4) is 0 Å². The number of carbonyl (C=O) groups excluding carboxylic acids is 1. The van der Waals surface area contributed by atoms with E-state index in [0.29, 0.717) is 28.5 Å². The Balaban J connectivity index is 1.83. The van der Waals surface area contributed by atoms with E-state index in [0.717, 1.165) is 16.7 Å². The first-order chi connectivity index (χ1) is 17.8. The third-order valence-electron chi connectivity index (χ3n) is 6.52. The molecule has 1 aliphatic heterocycles. The molecule has 0 spiro atoms. The van der Waals surface area contributed by atoms with Crippen LogP contribution in [-0.2, 0) is 20.7 Å². The van der Waals surface area contributed by atoms with Crippen molar-refractivity contribution in [2.45, 2.75) is 50.5 Å². The highest BCUT2D eigenvalue weighted by atomic mass is 35.5. The van der Waals surface area contributed by atoms with E-state index in [1.165, 1.54) is 4.90 Å². The van der Waals surface area contributed by atoms with Gasteiger partial charge in [-0.2, -0.15) is 5.26 Å². The van der Waals surface area contributed by atoms with Crippen LogP contribution in [0.25, 0.3) is 0 Å². The molecule has 0 aliphatic carbocycles. The minimum Gasteiger partial charge on any atom is -0.480 e. The smallest absolute Gasteiger partial charge is 0.326 e. The first-order valence-corrected chi connectivity index (χ1v) is 12.8. The first kappa shape index (κ1) is 26.7. The monoisotopic (exact) mass is 536 g/mol. The maximum Gasteiger partial charge on any atom is 0.326 e. The number of carboxylic acids is 1. The summed E-state index contributed by atoms with van der Waals surface area (Å²) in [6, 6.07) is 21.5. The lowest BCUT2D eigenvalue weighted by Gasteiger charge is -2.47. The van der Waals surface area contributed by atoms with Gasteiger partial charge in [-0.1, -0.05) is 72.9 Å². The standard InChI is InChI=1S/C29H26Cl2N2O4/c1-2-3-24(29(35)36)33-26(20-8-12-22(30)13-9-20)27(21-10-14-23(31)15-11-21)37-25(28(33)34)16-18-4-6-19(17-32)7-5-18/h4-15,24-27H,2-3,16H2,1H3,(H,35,36)/t24-,25+,26-,27+/m1/s1. The molecule has 0 saturated carbocycles. The Morgan fingerprint density at radius 2 is 1.57 bits per heavy atom. The molecule has 1 N–H and O–H groups in total.